The zero-order valence-electron chi connectivity index (χ0n) is 11.3. The van der Waals surface area contributed by atoms with Crippen molar-refractivity contribution in [2.75, 3.05) is 20.2 Å². The van der Waals surface area contributed by atoms with Crippen molar-refractivity contribution in [1.82, 2.24) is 4.72 Å². The van der Waals surface area contributed by atoms with Crippen LogP contribution in [0, 0.1) is 0 Å². The van der Waals surface area contributed by atoms with Crippen molar-refractivity contribution >= 4 is 16.0 Å². The Morgan fingerprint density at radius 2 is 1.95 bits per heavy atom. The number of nitrogens with one attached hydrogen (secondary N) is 1. The molecule has 6 nitrogen and oxygen atoms in total. The van der Waals surface area contributed by atoms with Crippen LogP contribution in [0.3, 0.4) is 0 Å². The summed E-state index contributed by atoms with van der Waals surface area (Å²) in [5, 5.41) is 0. The lowest BCUT2D eigenvalue weighted by atomic mass is 9.96. The first-order valence-electron chi connectivity index (χ1n) is 6.35. The maximum Gasteiger partial charge on any atom is 0.316 e. The average Bonchev–Trinajstić information content (AvgIpc) is 3.26. The molecule has 0 heterocycles. The predicted molar refractivity (Wildman–Crippen MR) is 73.6 cm³/mol. The molecule has 0 aliphatic heterocycles. The summed E-state index contributed by atoms with van der Waals surface area (Å²) in [5.41, 5.74) is 5.49. The van der Waals surface area contributed by atoms with Gasteiger partial charge in [0.2, 0.25) is 10.0 Å². The van der Waals surface area contributed by atoms with Crippen molar-refractivity contribution in [1.29, 1.82) is 0 Å². The van der Waals surface area contributed by atoms with Gasteiger partial charge in [0.15, 0.2) is 0 Å². The second kappa shape index (κ2) is 5.51. The van der Waals surface area contributed by atoms with Crippen molar-refractivity contribution in [3.05, 3.63) is 29.8 Å². The predicted octanol–water partition coefficient (Wildman–Crippen LogP) is 0.128. The second-order valence-electron chi connectivity index (χ2n) is 4.78. The quantitative estimate of drug-likeness (QED) is 0.727. The number of hydrogen-bond acceptors (Lipinski definition) is 5. The fourth-order valence-electron chi connectivity index (χ4n) is 2.16. The smallest absolute Gasteiger partial charge is 0.316 e. The van der Waals surface area contributed by atoms with Gasteiger partial charge in [-0.25, -0.2) is 13.1 Å². The Labute approximate surface area is 118 Å². The van der Waals surface area contributed by atoms with E-state index in [-0.39, 0.29) is 24.0 Å². The van der Waals surface area contributed by atoms with Gasteiger partial charge in [-0.2, -0.15) is 0 Å². The molecule has 0 amide bonds. The molecular formula is C13H18N2O4S. The van der Waals surface area contributed by atoms with Gasteiger partial charge in [0.25, 0.3) is 0 Å². The molecule has 110 valence electrons. The van der Waals surface area contributed by atoms with Gasteiger partial charge in [-0.1, -0.05) is 12.1 Å². The lowest BCUT2D eigenvalue weighted by Gasteiger charge is -2.13. The molecule has 1 aromatic rings. The van der Waals surface area contributed by atoms with E-state index >= 15 is 0 Å². The monoisotopic (exact) mass is 298 g/mol. The highest BCUT2D eigenvalue weighted by Crippen LogP contribution is 2.49. The molecule has 0 aromatic heterocycles. The second-order valence-corrected chi connectivity index (χ2v) is 6.55. The van der Waals surface area contributed by atoms with Crippen molar-refractivity contribution in [3.63, 3.8) is 0 Å². The number of methoxy groups -OCH3 is 1. The van der Waals surface area contributed by atoms with E-state index in [1.165, 1.54) is 19.2 Å². The van der Waals surface area contributed by atoms with E-state index < -0.39 is 15.4 Å². The van der Waals surface area contributed by atoms with E-state index in [9.17, 15) is 13.2 Å². The third-order valence-corrected chi connectivity index (χ3v) is 4.96. The van der Waals surface area contributed by atoms with Gasteiger partial charge in [-0.3, -0.25) is 4.79 Å². The van der Waals surface area contributed by atoms with Crippen molar-refractivity contribution in [2.45, 2.75) is 23.2 Å². The number of benzene rings is 1. The highest BCUT2D eigenvalue weighted by Gasteiger charge is 2.52. The number of hydrogen-bond donors (Lipinski definition) is 2. The Hall–Kier alpha value is -1.44. The SMILES string of the molecule is COC(=O)C1(c2ccc(S(=O)(=O)NCCN)cc2)CC1. The standard InChI is InChI=1S/C13H18N2O4S/c1-19-12(16)13(6-7-13)10-2-4-11(5-3-10)20(17,18)15-9-8-14/h2-5,15H,6-9,14H2,1H3. The Bertz CT molecular complexity index is 591. The minimum absolute atomic E-state index is 0.162. The van der Waals surface area contributed by atoms with Crippen LogP contribution in [0.2, 0.25) is 0 Å². The zero-order chi connectivity index (χ0) is 14.8. The number of nitrogens with two attached hydrogens (primary N) is 1. The summed E-state index contributed by atoms with van der Waals surface area (Å²) in [6.07, 6.45) is 1.47. The van der Waals surface area contributed by atoms with Crippen molar-refractivity contribution < 1.29 is 17.9 Å². The van der Waals surface area contributed by atoms with E-state index in [4.69, 9.17) is 10.5 Å². The van der Waals surface area contributed by atoms with Crippen LogP contribution in [-0.4, -0.2) is 34.6 Å². The van der Waals surface area contributed by atoms with Gasteiger partial charge in [-0.05, 0) is 30.5 Å². The van der Waals surface area contributed by atoms with E-state index in [2.05, 4.69) is 4.72 Å². The summed E-state index contributed by atoms with van der Waals surface area (Å²) < 4.78 is 31.0. The normalized spacial score (nSPS) is 16.7. The van der Waals surface area contributed by atoms with Crippen LogP contribution < -0.4 is 10.5 Å². The van der Waals surface area contributed by atoms with Crippen LogP contribution in [0.5, 0.6) is 0 Å². The van der Waals surface area contributed by atoms with Crippen LogP contribution in [0.15, 0.2) is 29.2 Å². The summed E-state index contributed by atoms with van der Waals surface area (Å²) in [5.74, 6) is -0.269. The molecule has 0 unspecified atom stereocenters. The van der Waals surface area contributed by atoms with Gasteiger partial charge in [0.05, 0.1) is 17.4 Å². The fraction of sp³-hybridized carbons (Fsp3) is 0.462. The highest BCUT2D eigenvalue weighted by atomic mass is 32.2. The molecule has 7 heteroatoms. The summed E-state index contributed by atoms with van der Waals surface area (Å²) in [6.45, 7) is 0.430. The number of carbonyl (C=O) groups is 1. The van der Waals surface area contributed by atoms with E-state index in [0.29, 0.717) is 0 Å². The van der Waals surface area contributed by atoms with E-state index in [1.54, 1.807) is 12.1 Å². The molecule has 0 radical (unpaired) electrons. The Morgan fingerprint density at radius 1 is 1.35 bits per heavy atom. The molecule has 2 rings (SSSR count). The molecule has 1 aliphatic rings. The Balaban J connectivity index is 2.21. The molecule has 1 aliphatic carbocycles. The first kappa shape index (κ1) is 15.0. The minimum Gasteiger partial charge on any atom is -0.468 e. The van der Waals surface area contributed by atoms with Crippen LogP contribution in [0.25, 0.3) is 0 Å². The number of ether oxygens (including phenoxy) is 1. The summed E-state index contributed by atoms with van der Waals surface area (Å²) in [4.78, 5) is 11.9. The first-order valence-corrected chi connectivity index (χ1v) is 7.83. The number of sulfonamides is 1. The Morgan fingerprint density at radius 3 is 2.40 bits per heavy atom. The fourth-order valence-corrected chi connectivity index (χ4v) is 3.21. The molecule has 20 heavy (non-hydrogen) atoms. The first-order chi connectivity index (χ1) is 9.46. The molecule has 0 bridgehead atoms. The van der Waals surface area contributed by atoms with Crippen LogP contribution in [0.1, 0.15) is 18.4 Å². The third-order valence-electron chi connectivity index (χ3n) is 3.48. The summed E-state index contributed by atoms with van der Waals surface area (Å²) >= 11 is 0. The number of carbonyl (C=O) groups excluding carboxylic acids is 1. The molecular weight excluding hydrogens is 280 g/mol. The average molecular weight is 298 g/mol. The number of esters is 1. The minimum atomic E-state index is -3.54. The topological polar surface area (TPSA) is 98.5 Å². The molecule has 0 atom stereocenters. The van der Waals surface area contributed by atoms with Crippen LogP contribution in [0.4, 0.5) is 0 Å². The van der Waals surface area contributed by atoms with Crippen LogP contribution >= 0.6 is 0 Å². The third kappa shape index (κ3) is 2.70. The Kier molecular flexibility index (Phi) is 4.12. The summed E-state index contributed by atoms with van der Waals surface area (Å²) in [7, 11) is -2.18. The molecule has 0 spiro atoms. The maximum atomic E-state index is 11.9. The lowest BCUT2D eigenvalue weighted by Crippen LogP contribution is -2.29. The van der Waals surface area contributed by atoms with Crippen LogP contribution in [-0.2, 0) is 25.0 Å². The van der Waals surface area contributed by atoms with Crippen molar-refractivity contribution in [3.8, 4) is 0 Å². The van der Waals surface area contributed by atoms with Gasteiger partial charge < -0.3 is 10.5 Å². The largest absolute Gasteiger partial charge is 0.468 e. The molecule has 1 saturated carbocycles. The maximum absolute atomic E-state index is 11.9. The van der Waals surface area contributed by atoms with Gasteiger partial charge >= 0.3 is 5.97 Å². The summed E-state index contributed by atoms with van der Waals surface area (Å²) in [6, 6.07) is 6.33. The molecule has 1 aromatic carbocycles. The molecule has 0 saturated heterocycles. The lowest BCUT2D eigenvalue weighted by molar-refractivity contribution is -0.143. The molecule has 1 fully saturated rings. The van der Waals surface area contributed by atoms with E-state index in [1.807, 2.05) is 0 Å². The van der Waals surface area contributed by atoms with Crippen molar-refractivity contribution in [2.24, 2.45) is 5.73 Å². The van der Waals surface area contributed by atoms with E-state index in [0.717, 1.165) is 18.4 Å². The highest BCUT2D eigenvalue weighted by molar-refractivity contribution is 7.89. The van der Waals surface area contributed by atoms with Gasteiger partial charge in [0.1, 0.15) is 0 Å². The zero-order valence-corrected chi connectivity index (χ0v) is 12.1. The molecule has 3 N–H and O–H groups in total. The van der Waals surface area contributed by atoms with Gasteiger partial charge in [-0.15, -0.1) is 0 Å². The number of rotatable bonds is 6. The van der Waals surface area contributed by atoms with Gasteiger partial charge in [0, 0.05) is 13.1 Å².